The lowest BCUT2D eigenvalue weighted by Gasteiger charge is -2.17. The number of hydrogen-bond donors (Lipinski definition) is 1. The van der Waals surface area contributed by atoms with Crippen LogP contribution < -0.4 is 5.73 Å². The highest BCUT2D eigenvalue weighted by Gasteiger charge is 2.17. The minimum atomic E-state index is 0.259. The van der Waals surface area contributed by atoms with Gasteiger partial charge in [-0.2, -0.15) is 5.26 Å². The molecule has 0 radical (unpaired) electrons. The van der Waals surface area contributed by atoms with Crippen molar-refractivity contribution in [2.45, 2.75) is 43.2 Å². The van der Waals surface area contributed by atoms with Gasteiger partial charge in [0.15, 0.2) is 0 Å². The predicted octanol–water partition coefficient (Wildman–Crippen LogP) is 4.37. The van der Waals surface area contributed by atoms with E-state index in [9.17, 15) is 5.26 Å². The number of anilines is 1. The van der Waals surface area contributed by atoms with Crippen LogP contribution in [-0.2, 0) is 0 Å². The smallest absolute Gasteiger partial charge is 0.123 e. The molecule has 0 unspecified atom stereocenters. The van der Waals surface area contributed by atoms with Crippen molar-refractivity contribution in [3.63, 3.8) is 0 Å². The quantitative estimate of drug-likeness (QED) is 0.907. The number of aryl methyl sites for hydroxylation is 1. The van der Waals surface area contributed by atoms with Gasteiger partial charge in [-0.15, -0.1) is 0 Å². The number of nitriles is 1. The Balaban J connectivity index is 2.43. The maximum absolute atomic E-state index is 9.27. The lowest BCUT2D eigenvalue weighted by molar-refractivity contribution is 0.497. The van der Waals surface area contributed by atoms with E-state index in [4.69, 9.17) is 5.73 Å². The van der Waals surface area contributed by atoms with Crippen molar-refractivity contribution in [1.29, 1.82) is 5.26 Å². The first-order valence-electron chi connectivity index (χ1n) is 6.72. The van der Waals surface area contributed by atoms with Crippen LogP contribution in [0, 0.1) is 18.3 Å². The van der Waals surface area contributed by atoms with Gasteiger partial charge in [0.05, 0.1) is 5.69 Å². The van der Waals surface area contributed by atoms with Gasteiger partial charge in [0.25, 0.3) is 0 Å². The van der Waals surface area contributed by atoms with E-state index in [-0.39, 0.29) is 6.04 Å². The van der Waals surface area contributed by atoms with Gasteiger partial charge in [-0.25, -0.2) is 0 Å². The van der Waals surface area contributed by atoms with Gasteiger partial charge in [-0.1, -0.05) is 36.4 Å². The molecule has 1 aromatic heterocycles. The molecule has 1 heterocycles. The minimum absolute atomic E-state index is 0.259. The number of nitrogens with zero attached hydrogens (tertiary/aromatic N) is 2. The van der Waals surface area contributed by atoms with E-state index in [1.165, 1.54) is 5.56 Å². The molecule has 2 aromatic rings. The molecule has 0 saturated carbocycles. The molecule has 104 valence electrons. The molecule has 4 heteroatoms. The molecule has 0 bridgehead atoms. The number of nitrogen functional groups attached to an aromatic ring is 1. The third kappa shape index (κ3) is 2.83. The summed E-state index contributed by atoms with van der Waals surface area (Å²) in [5, 5.41) is 10.2. The van der Waals surface area contributed by atoms with E-state index in [1.807, 2.05) is 4.57 Å². The normalized spacial score (nSPS) is 12.1. The molecule has 0 fully saturated rings. The second kappa shape index (κ2) is 6.06. The Morgan fingerprint density at radius 3 is 2.55 bits per heavy atom. The molecule has 1 atom stereocenters. The molecule has 2 N–H and O–H groups in total. The Morgan fingerprint density at radius 2 is 2.00 bits per heavy atom. The molecule has 0 saturated heterocycles. The van der Waals surface area contributed by atoms with E-state index in [1.54, 1.807) is 17.8 Å². The van der Waals surface area contributed by atoms with Crippen LogP contribution in [0.15, 0.2) is 40.3 Å². The van der Waals surface area contributed by atoms with Crippen LogP contribution in [0.3, 0.4) is 0 Å². The van der Waals surface area contributed by atoms with Gasteiger partial charge >= 0.3 is 0 Å². The fraction of sp³-hybridized carbons (Fsp3) is 0.312. The Hall–Kier alpha value is -1.86. The molecule has 0 spiro atoms. The first-order chi connectivity index (χ1) is 9.56. The first-order valence-corrected chi connectivity index (χ1v) is 7.53. The number of benzene rings is 1. The van der Waals surface area contributed by atoms with E-state index >= 15 is 0 Å². The summed E-state index contributed by atoms with van der Waals surface area (Å²) < 4.78 is 2.04. The summed E-state index contributed by atoms with van der Waals surface area (Å²) in [6.07, 6.45) is 0.963. The van der Waals surface area contributed by atoms with Crippen molar-refractivity contribution in [2.75, 3.05) is 5.73 Å². The van der Waals surface area contributed by atoms with E-state index in [2.05, 4.69) is 51.1 Å². The average molecular weight is 285 g/mol. The fourth-order valence-corrected chi connectivity index (χ4v) is 3.11. The Kier molecular flexibility index (Phi) is 4.41. The molecule has 1 aromatic carbocycles. The lowest BCUT2D eigenvalue weighted by Crippen LogP contribution is -2.07. The van der Waals surface area contributed by atoms with Gasteiger partial charge in [0.1, 0.15) is 16.8 Å². The first kappa shape index (κ1) is 14.5. The van der Waals surface area contributed by atoms with Crippen LogP contribution in [0.4, 0.5) is 5.69 Å². The predicted molar refractivity (Wildman–Crippen MR) is 83.9 cm³/mol. The van der Waals surface area contributed by atoms with Gasteiger partial charge in [-0.3, -0.25) is 0 Å². The zero-order chi connectivity index (χ0) is 14.7. The van der Waals surface area contributed by atoms with Gasteiger partial charge in [0, 0.05) is 10.9 Å². The van der Waals surface area contributed by atoms with Crippen LogP contribution in [-0.4, -0.2) is 4.57 Å². The van der Waals surface area contributed by atoms with Crippen molar-refractivity contribution in [3.8, 4) is 6.07 Å². The van der Waals surface area contributed by atoms with E-state index < -0.39 is 0 Å². The third-order valence-electron chi connectivity index (χ3n) is 3.40. The second-order valence-corrected chi connectivity index (χ2v) is 6.01. The molecule has 0 amide bonds. The SMILES string of the molecule is CC[C@@H](C)n1c(C#N)cc(N)c1Sc1ccc(C)cc1. The maximum Gasteiger partial charge on any atom is 0.123 e. The van der Waals surface area contributed by atoms with Crippen LogP contribution in [0.1, 0.15) is 37.6 Å². The Morgan fingerprint density at radius 1 is 1.35 bits per heavy atom. The van der Waals surface area contributed by atoms with E-state index in [0.29, 0.717) is 11.4 Å². The number of hydrogen-bond acceptors (Lipinski definition) is 3. The highest BCUT2D eigenvalue weighted by Crippen LogP contribution is 2.37. The topological polar surface area (TPSA) is 54.7 Å². The summed E-state index contributed by atoms with van der Waals surface area (Å²) in [5.41, 5.74) is 8.63. The zero-order valence-corrected chi connectivity index (χ0v) is 12.9. The van der Waals surface area contributed by atoms with Crippen molar-refractivity contribution < 1.29 is 0 Å². The minimum Gasteiger partial charge on any atom is -0.397 e. The van der Waals surface area contributed by atoms with Crippen LogP contribution in [0.5, 0.6) is 0 Å². The molecule has 20 heavy (non-hydrogen) atoms. The molecular formula is C16H19N3S. The third-order valence-corrected chi connectivity index (χ3v) is 4.53. The monoisotopic (exact) mass is 285 g/mol. The molecule has 3 nitrogen and oxygen atoms in total. The summed E-state index contributed by atoms with van der Waals surface area (Å²) in [7, 11) is 0. The van der Waals surface area contributed by atoms with Crippen molar-refractivity contribution >= 4 is 17.4 Å². The summed E-state index contributed by atoms with van der Waals surface area (Å²) in [4.78, 5) is 1.13. The highest BCUT2D eigenvalue weighted by molar-refractivity contribution is 7.99. The molecule has 0 aliphatic carbocycles. The van der Waals surface area contributed by atoms with Gasteiger partial charge < -0.3 is 10.3 Å². The summed E-state index contributed by atoms with van der Waals surface area (Å²) in [6.45, 7) is 6.29. The molecule has 0 aliphatic heterocycles. The number of rotatable bonds is 4. The van der Waals surface area contributed by atoms with Crippen molar-refractivity contribution in [1.82, 2.24) is 4.57 Å². The van der Waals surface area contributed by atoms with Gasteiger partial charge in [0.2, 0.25) is 0 Å². The summed E-state index contributed by atoms with van der Waals surface area (Å²) in [6, 6.07) is 12.6. The van der Waals surface area contributed by atoms with E-state index in [0.717, 1.165) is 16.3 Å². The van der Waals surface area contributed by atoms with Crippen molar-refractivity contribution in [2.24, 2.45) is 0 Å². The Bertz CT molecular complexity index is 635. The van der Waals surface area contributed by atoms with Gasteiger partial charge in [-0.05, 0) is 38.5 Å². The number of nitrogens with two attached hydrogens (primary N) is 1. The highest BCUT2D eigenvalue weighted by atomic mass is 32.2. The maximum atomic E-state index is 9.27. The Labute approximate surface area is 124 Å². The van der Waals surface area contributed by atoms with Crippen molar-refractivity contribution in [3.05, 3.63) is 41.6 Å². The summed E-state index contributed by atoms with van der Waals surface area (Å²) in [5.74, 6) is 0. The second-order valence-electron chi connectivity index (χ2n) is 4.94. The van der Waals surface area contributed by atoms with Crippen LogP contribution >= 0.6 is 11.8 Å². The molecular weight excluding hydrogens is 266 g/mol. The van der Waals surface area contributed by atoms with Crippen LogP contribution in [0.25, 0.3) is 0 Å². The lowest BCUT2D eigenvalue weighted by atomic mass is 10.2. The standard InChI is InChI=1S/C16H19N3S/c1-4-12(3)19-13(10-17)9-15(18)16(19)20-14-7-5-11(2)6-8-14/h5-9,12H,4,18H2,1-3H3/t12-/m1/s1. The number of aromatic nitrogens is 1. The largest absolute Gasteiger partial charge is 0.397 e. The molecule has 0 aliphatic rings. The summed E-state index contributed by atoms with van der Waals surface area (Å²) >= 11 is 1.62. The molecule has 2 rings (SSSR count). The zero-order valence-electron chi connectivity index (χ0n) is 12.1. The average Bonchev–Trinajstić information content (AvgIpc) is 2.77. The van der Waals surface area contributed by atoms with Crippen LogP contribution in [0.2, 0.25) is 0 Å². The fourth-order valence-electron chi connectivity index (χ4n) is 2.06.